The molecule has 0 spiro atoms. The van der Waals surface area contributed by atoms with Crippen LogP contribution in [0.3, 0.4) is 0 Å². The molecular weight excluding hydrogens is 261 g/mol. The minimum Gasteiger partial charge on any atom is -0.399 e. The number of nitrogens with zero attached hydrogens (tertiary/aromatic N) is 1. The van der Waals surface area contributed by atoms with Gasteiger partial charge in [-0.3, -0.25) is 4.99 Å². The van der Waals surface area contributed by atoms with E-state index >= 15 is 0 Å². The molecule has 1 aliphatic heterocycles. The van der Waals surface area contributed by atoms with Crippen LogP contribution in [0.4, 0.5) is 10.1 Å². The highest BCUT2D eigenvalue weighted by Gasteiger charge is 2.48. The zero-order valence-electron chi connectivity index (χ0n) is 10.9. The molecule has 1 aliphatic carbocycles. The Bertz CT molecular complexity index is 531. The lowest BCUT2D eigenvalue weighted by Gasteiger charge is -2.42. The number of hydrogen-bond acceptors (Lipinski definition) is 3. The van der Waals surface area contributed by atoms with Crippen LogP contribution in [-0.4, -0.2) is 18.0 Å². The molecule has 2 aliphatic rings. The molecule has 2 fully saturated rings. The molecule has 3 N–H and O–H groups in total. The van der Waals surface area contributed by atoms with E-state index in [2.05, 4.69) is 10.3 Å². The van der Waals surface area contributed by atoms with Crippen LogP contribution < -0.4 is 11.1 Å². The van der Waals surface area contributed by atoms with Crippen LogP contribution in [0.25, 0.3) is 0 Å². The lowest BCUT2D eigenvalue weighted by molar-refractivity contribution is 0.299. The zero-order chi connectivity index (χ0) is 13.5. The number of fused-ring (bicyclic) bond motifs is 1. The minimum atomic E-state index is -0.320. The molecule has 102 valence electrons. The number of nitrogens with two attached hydrogens (primary N) is 1. The first-order valence-corrected chi connectivity index (χ1v) is 7.57. The Labute approximate surface area is 116 Å². The summed E-state index contributed by atoms with van der Waals surface area (Å²) in [4.78, 5) is 4.25. The van der Waals surface area contributed by atoms with Gasteiger partial charge in [0.05, 0.1) is 5.54 Å². The van der Waals surface area contributed by atoms with Gasteiger partial charge in [-0.1, -0.05) is 18.2 Å². The molecule has 0 bridgehead atoms. The van der Waals surface area contributed by atoms with Gasteiger partial charge in [0.15, 0.2) is 5.17 Å². The topological polar surface area (TPSA) is 50.4 Å². The predicted octanol–water partition coefficient (Wildman–Crippen LogP) is 2.73. The van der Waals surface area contributed by atoms with E-state index in [1.807, 2.05) is 0 Å². The van der Waals surface area contributed by atoms with E-state index in [1.165, 1.54) is 6.07 Å². The molecule has 0 radical (unpaired) electrons. The van der Waals surface area contributed by atoms with Crippen molar-refractivity contribution >= 4 is 22.6 Å². The van der Waals surface area contributed by atoms with Crippen molar-refractivity contribution in [3.05, 3.63) is 29.6 Å². The average Bonchev–Trinajstić information content (AvgIpc) is 2.85. The van der Waals surface area contributed by atoms with Gasteiger partial charge in [0, 0.05) is 24.1 Å². The largest absolute Gasteiger partial charge is 0.399 e. The smallest absolute Gasteiger partial charge is 0.156 e. The van der Waals surface area contributed by atoms with Gasteiger partial charge in [0.1, 0.15) is 5.82 Å². The average molecular weight is 279 g/mol. The van der Waals surface area contributed by atoms with Crippen molar-refractivity contribution in [1.82, 2.24) is 5.32 Å². The number of thioether (sulfide) groups is 1. The SMILES string of the molecule is CN=C1NC2(c3cc(N)ccc3F)CCCC2CS1. The molecule has 3 nitrogen and oxygen atoms in total. The summed E-state index contributed by atoms with van der Waals surface area (Å²) in [7, 11) is 1.77. The van der Waals surface area contributed by atoms with Crippen molar-refractivity contribution in [3.63, 3.8) is 0 Å². The van der Waals surface area contributed by atoms with Gasteiger partial charge >= 0.3 is 0 Å². The summed E-state index contributed by atoms with van der Waals surface area (Å²) in [5.74, 6) is 1.27. The standard InChI is InChI=1S/C14H18FN3S/c1-17-13-18-14(6-2-3-9(14)8-19-13)11-7-10(16)4-5-12(11)15/h4-5,7,9H,2-3,6,8,16H2,1H3,(H,17,18). The van der Waals surface area contributed by atoms with E-state index in [9.17, 15) is 4.39 Å². The van der Waals surface area contributed by atoms with E-state index in [4.69, 9.17) is 5.73 Å². The number of hydrogen-bond donors (Lipinski definition) is 2. The van der Waals surface area contributed by atoms with Crippen molar-refractivity contribution in [1.29, 1.82) is 0 Å². The van der Waals surface area contributed by atoms with Gasteiger partial charge in [-0.15, -0.1) is 0 Å². The molecule has 5 heteroatoms. The summed E-state index contributed by atoms with van der Waals surface area (Å²) in [5, 5.41) is 4.38. The highest BCUT2D eigenvalue weighted by molar-refractivity contribution is 8.13. The fourth-order valence-electron chi connectivity index (χ4n) is 3.30. The molecule has 2 unspecified atom stereocenters. The summed E-state index contributed by atoms with van der Waals surface area (Å²) in [6.45, 7) is 0. The number of halogens is 1. The van der Waals surface area contributed by atoms with Gasteiger partial charge < -0.3 is 11.1 Å². The Balaban J connectivity index is 2.10. The maximum absolute atomic E-state index is 14.3. The third-order valence-electron chi connectivity index (χ3n) is 4.25. The Morgan fingerprint density at radius 2 is 2.37 bits per heavy atom. The highest BCUT2D eigenvalue weighted by Crippen LogP contribution is 2.48. The molecule has 19 heavy (non-hydrogen) atoms. The van der Waals surface area contributed by atoms with E-state index in [-0.39, 0.29) is 11.4 Å². The Morgan fingerprint density at radius 1 is 1.53 bits per heavy atom. The van der Waals surface area contributed by atoms with E-state index in [0.717, 1.165) is 30.2 Å². The van der Waals surface area contributed by atoms with Gasteiger partial charge in [-0.25, -0.2) is 4.39 Å². The molecule has 0 amide bonds. The molecule has 0 aromatic heterocycles. The third-order valence-corrected chi connectivity index (χ3v) is 5.37. The van der Waals surface area contributed by atoms with Crippen molar-refractivity contribution in [3.8, 4) is 0 Å². The maximum atomic E-state index is 14.3. The molecule has 1 aromatic rings. The molecule has 1 saturated carbocycles. The molecule has 1 saturated heterocycles. The number of benzene rings is 1. The second kappa shape index (κ2) is 4.71. The Kier molecular flexibility index (Phi) is 3.17. The molecule has 2 atom stereocenters. The first kappa shape index (κ1) is 12.8. The number of nitrogen functional groups attached to an aromatic ring is 1. The zero-order valence-corrected chi connectivity index (χ0v) is 11.8. The number of nitrogens with one attached hydrogen (secondary N) is 1. The van der Waals surface area contributed by atoms with Crippen LogP contribution in [0, 0.1) is 11.7 Å². The van der Waals surface area contributed by atoms with Crippen molar-refractivity contribution in [2.75, 3.05) is 18.5 Å². The van der Waals surface area contributed by atoms with E-state index in [1.54, 1.807) is 30.9 Å². The van der Waals surface area contributed by atoms with Gasteiger partial charge in [-0.05, 0) is 37.0 Å². The van der Waals surface area contributed by atoms with Gasteiger partial charge in [0.2, 0.25) is 0 Å². The number of amidine groups is 1. The van der Waals surface area contributed by atoms with Crippen molar-refractivity contribution < 1.29 is 4.39 Å². The van der Waals surface area contributed by atoms with Gasteiger partial charge in [0.25, 0.3) is 0 Å². The minimum absolute atomic E-state index is 0.170. The van der Waals surface area contributed by atoms with Crippen LogP contribution >= 0.6 is 11.8 Å². The van der Waals surface area contributed by atoms with Crippen LogP contribution in [-0.2, 0) is 5.54 Å². The lowest BCUT2D eigenvalue weighted by Crippen LogP contribution is -2.52. The van der Waals surface area contributed by atoms with Crippen LogP contribution in [0.2, 0.25) is 0 Å². The van der Waals surface area contributed by atoms with Gasteiger partial charge in [-0.2, -0.15) is 0 Å². The van der Waals surface area contributed by atoms with Crippen LogP contribution in [0.1, 0.15) is 24.8 Å². The molecule has 1 heterocycles. The quantitative estimate of drug-likeness (QED) is 0.777. The maximum Gasteiger partial charge on any atom is 0.156 e. The first-order chi connectivity index (χ1) is 9.15. The summed E-state index contributed by atoms with van der Waals surface area (Å²) in [6, 6.07) is 4.87. The fourth-order valence-corrected chi connectivity index (χ4v) is 4.50. The summed E-state index contributed by atoms with van der Waals surface area (Å²) in [5.41, 5.74) is 6.85. The number of anilines is 1. The monoisotopic (exact) mass is 279 g/mol. The van der Waals surface area contributed by atoms with Crippen LogP contribution in [0.5, 0.6) is 0 Å². The molecule has 3 rings (SSSR count). The summed E-state index contributed by atoms with van der Waals surface area (Å²) in [6.07, 6.45) is 3.19. The van der Waals surface area contributed by atoms with E-state index in [0.29, 0.717) is 17.2 Å². The molecule has 1 aromatic carbocycles. The predicted molar refractivity (Wildman–Crippen MR) is 78.8 cm³/mol. The van der Waals surface area contributed by atoms with E-state index < -0.39 is 0 Å². The summed E-state index contributed by atoms with van der Waals surface area (Å²) < 4.78 is 14.3. The normalized spacial score (nSPS) is 32.1. The summed E-state index contributed by atoms with van der Waals surface area (Å²) >= 11 is 1.73. The Hall–Kier alpha value is -1.23. The molecular formula is C14H18FN3S. The third kappa shape index (κ3) is 2.00. The second-order valence-corrected chi connectivity index (χ2v) is 6.27. The van der Waals surface area contributed by atoms with Crippen molar-refractivity contribution in [2.24, 2.45) is 10.9 Å². The Morgan fingerprint density at radius 3 is 3.16 bits per heavy atom. The van der Waals surface area contributed by atoms with Crippen LogP contribution in [0.15, 0.2) is 23.2 Å². The number of rotatable bonds is 1. The number of aliphatic imine (C=N–C) groups is 1. The highest BCUT2D eigenvalue weighted by atomic mass is 32.2. The van der Waals surface area contributed by atoms with Crippen molar-refractivity contribution in [2.45, 2.75) is 24.8 Å². The lowest BCUT2D eigenvalue weighted by atomic mass is 9.80. The fraction of sp³-hybridized carbons (Fsp3) is 0.500. The first-order valence-electron chi connectivity index (χ1n) is 6.59. The second-order valence-electron chi connectivity index (χ2n) is 5.26.